The highest BCUT2D eigenvalue weighted by Gasteiger charge is 2.19. The molecule has 0 spiro atoms. The second kappa shape index (κ2) is 6.47. The van der Waals surface area contributed by atoms with Gasteiger partial charge < -0.3 is 14.2 Å². The molecule has 0 atom stereocenters. The van der Waals surface area contributed by atoms with Crippen molar-refractivity contribution in [2.45, 2.75) is 6.92 Å². The largest absolute Gasteiger partial charge is 0.462 e. The van der Waals surface area contributed by atoms with Crippen LogP contribution in [-0.2, 0) is 4.79 Å². The van der Waals surface area contributed by atoms with Crippen LogP contribution in [-0.4, -0.2) is 42.0 Å². The van der Waals surface area contributed by atoms with Crippen molar-refractivity contribution >= 4 is 17.7 Å². The fourth-order valence-electron chi connectivity index (χ4n) is 2.54. The van der Waals surface area contributed by atoms with Crippen molar-refractivity contribution in [2.24, 2.45) is 0 Å². The Morgan fingerprint density at radius 2 is 1.86 bits per heavy atom. The van der Waals surface area contributed by atoms with E-state index in [1.54, 1.807) is 24.5 Å². The summed E-state index contributed by atoms with van der Waals surface area (Å²) in [6, 6.07) is 7.74. The molecule has 0 saturated carbocycles. The van der Waals surface area contributed by atoms with Gasteiger partial charge in [-0.2, -0.15) is 0 Å². The van der Waals surface area contributed by atoms with E-state index in [2.05, 4.69) is 9.88 Å². The van der Waals surface area contributed by atoms with Gasteiger partial charge in [0, 0.05) is 50.3 Å². The third kappa shape index (κ3) is 3.36. The van der Waals surface area contributed by atoms with Crippen LogP contribution >= 0.6 is 0 Å². The van der Waals surface area contributed by atoms with Crippen LogP contribution in [0.2, 0.25) is 0 Å². The first kappa shape index (κ1) is 14.4. The molecule has 0 aliphatic carbocycles. The maximum absolute atomic E-state index is 12.2. The third-order valence-corrected chi connectivity index (χ3v) is 3.77. The molecule has 1 saturated heterocycles. The van der Waals surface area contributed by atoms with Gasteiger partial charge in [0.2, 0.25) is 5.91 Å². The predicted octanol–water partition coefficient (Wildman–Crippen LogP) is 2.35. The average Bonchev–Trinajstić information content (AvgIpc) is 2.99. The number of piperazine rings is 1. The molecule has 3 rings (SSSR count). The van der Waals surface area contributed by atoms with Crippen molar-refractivity contribution in [3.8, 4) is 0 Å². The first-order valence-electron chi connectivity index (χ1n) is 7.41. The molecule has 5 heteroatoms. The first-order valence-corrected chi connectivity index (χ1v) is 7.41. The van der Waals surface area contributed by atoms with Crippen molar-refractivity contribution < 1.29 is 9.21 Å². The van der Waals surface area contributed by atoms with E-state index >= 15 is 0 Å². The van der Waals surface area contributed by atoms with Gasteiger partial charge in [-0.3, -0.25) is 9.78 Å². The molecule has 1 amide bonds. The van der Waals surface area contributed by atoms with Gasteiger partial charge in [-0.05, 0) is 37.3 Å². The lowest BCUT2D eigenvalue weighted by Gasteiger charge is -2.35. The molecule has 0 unspecified atom stereocenters. The Morgan fingerprint density at radius 1 is 1.14 bits per heavy atom. The lowest BCUT2D eigenvalue weighted by atomic mass is 10.2. The average molecular weight is 297 g/mol. The Labute approximate surface area is 129 Å². The molecule has 2 aromatic rings. The van der Waals surface area contributed by atoms with E-state index in [0.29, 0.717) is 5.76 Å². The number of pyridine rings is 1. The maximum atomic E-state index is 12.2. The van der Waals surface area contributed by atoms with Crippen molar-refractivity contribution in [1.29, 1.82) is 0 Å². The van der Waals surface area contributed by atoms with E-state index in [4.69, 9.17) is 4.42 Å². The summed E-state index contributed by atoms with van der Waals surface area (Å²) in [5, 5.41) is 0. The topological polar surface area (TPSA) is 49.6 Å². The van der Waals surface area contributed by atoms with Gasteiger partial charge in [-0.25, -0.2) is 0 Å². The number of aromatic nitrogens is 1. The highest BCUT2D eigenvalue weighted by molar-refractivity contribution is 5.91. The van der Waals surface area contributed by atoms with E-state index in [1.807, 2.05) is 36.1 Å². The second-order valence-electron chi connectivity index (χ2n) is 5.30. The highest BCUT2D eigenvalue weighted by Crippen LogP contribution is 2.15. The van der Waals surface area contributed by atoms with Crippen LogP contribution in [0.4, 0.5) is 5.69 Å². The van der Waals surface area contributed by atoms with Gasteiger partial charge in [0.15, 0.2) is 0 Å². The number of hydrogen-bond donors (Lipinski definition) is 0. The van der Waals surface area contributed by atoms with E-state index in [0.717, 1.165) is 37.6 Å². The van der Waals surface area contributed by atoms with Crippen molar-refractivity contribution in [1.82, 2.24) is 9.88 Å². The molecule has 1 aliphatic rings. The van der Waals surface area contributed by atoms with Crippen LogP contribution in [0.1, 0.15) is 11.5 Å². The number of nitrogens with zero attached hydrogens (tertiary/aromatic N) is 3. The number of carbonyl (C=O) groups is 1. The molecule has 1 aliphatic heterocycles. The SMILES string of the molecule is Cc1ccc(/C=C/C(=O)N2CCN(c3ccncc3)CC2)o1. The van der Waals surface area contributed by atoms with Gasteiger partial charge in [-0.15, -0.1) is 0 Å². The molecule has 2 aromatic heterocycles. The number of carbonyl (C=O) groups excluding carboxylic acids is 1. The smallest absolute Gasteiger partial charge is 0.246 e. The summed E-state index contributed by atoms with van der Waals surface area (Å²) in [5.41, 5.74) is 1.16. The lowest BCUT2D eigenvalue weighted by molar-refractivity contribution is -0.126. The van der Waals surface area contributed by atoms with Gasteiger partial charge in [0.1, 0.15) is 11.5 Å². The maximum Gasteiger partial charge on any atom is 0.246 e. The number of amides is 1. The summed E-state index contributed by atoms with van der Waals surface area (Å²) in [6.45, 7) is 5.01. The third-order valence-electron chi connectivity index (χ3n) is 3.77. The number of rotatable bonds is 3. The van der Waals surface area contributed by atoms with Crippen molar-refractivity contribution in [2.75, 3.05) is 31.1 Å². The minimum atomic E-state index is 0.0310. The molecule has 5 nitrogen and oxygen atoms in total. The Kier molecular flexibility index (Phi) is 4.23. The van der Waals surface area contributed by atoms with E-state index in [9.17, 15) is 4.79 Å². The number of hydrogen-bond acceptors (Lipinski definition) is 4. The molecule has 1 fully saturated rings. The Hall–Kier alpha value is -2.56. The van der Waals surface area contributed by atoms with Gasteiger partial charge in [-0.1, -0.05) is 0 Å². The summed E-state index contributed by atoms with van der Waals surface area (Å²) in [5.74, 6) is 1.59. The van der Waals surface area contributed by atoms with Gasteiger partial charge in [0.05, 0.1) is 0 Å². The number of aryl methyl sites for hydroxylation is 1. The van der Waals surface area contributed by atoms with E-state index < -0.39 is 0 Å². The molecule has 3 heterocycles. The molecule has 0 N–H and O–H groups in total. The molecule has 114 valence electrons. The zero-order valence-electron chi connectivity index (χ0n) is 12.6. The molecule has 0 aromatic carbocycles. The van der Waals surface area contributed by atoms with Crippen LogP contribution in [0, 0.1) is 6.92 Å². The van der Waals surface area contributed by atoms with Crippen molar-refractivity contribution in [3.63, 3.8) is 0 Å². The molecule has 0 radical (unpaired) electrons. The predicted molar refractivity (Wildman–Crippen MR) is 85.5 cm³/mol. The number of anilines is 1. The van der Waals surface area contributed by atoms with Gasteiger partial charge in [0.25, 0.3) is 0 Å². The first-order chi connectivity index (χ1) is 10.7. The zero-order valence-corrected chi connectivity index (χ0v) is 12.6. The fourth-order valence-corrected chi connectivity index (χ4v) is 2.54. The Balaban J connectivity index is 1.55. The van der Waals surface area contributed by atoms with Crippen molar-refractivity contribution in [3.05, 3.63) is 54.3 Å². The Morgan fingerprint density at radius 3 is 2.50 bits per heavy atom. The quantitative estimate of drug-likeness (QED) is 0.816. The Bertz CT molecular complexity index is 656. The molecule has 22 heavy (non-hydrogen) atoms. The highest BCUT2D eigenvalue weighted by atomic mass is 16.3. The van der Waals surface area contributed by atoms with Crippen LogP contribution in [0.25, 0.3) is 6.08 Å². The fraction of sp³-hybridized carbons (Fsp3) is 0.294. The minimum absolute atomic E-state index is 0.0310. The van der Waals surface area contributed by atoms with Crippen LogP contribution in [0.3, 0.4) is 0 Å². The molecular weight excluding hydrogens is 278 g/mol. The summed E-state index contributed by atoms with van der Waals surface area (Å²) >= 11 is 0. The lowest BCUT2D eigenvalue weighted by Crippen LogP contribution is -2.48. The zero-order chi connectivity index (χ0) is 15.4. The monoisotopic (exact) mass is 297 g/mol. The van der Waals surface area contributed by atoms with Crippen LogP contribution in [0.15, 0.2) is 47.2 Å². The standard InChI is InChI=1S/C17H19N3O2/c1-14-2-3-16(22-14)4-5-17(21)20-12-10-19(11-13-20)15-6-8-18-9-7-15/h2-9H,10-13H2,1H3/b5-4+. The second-order valence-corrected chi connectivity index (χ2v) is 5.30. The van der Waals surface area contributed by atoms with E-state index in [1.165, 1.54) is 0 Å². The van der Waals surface area contributed by atoms with E-state index in [-0.39, 0.29) is 5.91 Å². The normalized spacial score (nSPS) is 15.5. The number of furan rings is 1. The summed E-state index contributed by atoms with van der Waals surface area (Å²) in [7, 11) is 0. The van der Waals surface area contributed by atoms with Crippen LogP contribution in [0.5, 0.6) is 0 Å². The minimum Gasteiger partial charge on any atom is -0.462 e. The summed E-state index contributed by atoms with van der Waals surface area (Å²) < 4.78 is 5.42. The van der Waals surface area contributed by atoms with Gasteiger partial charge >= 0.3 is 0 Å². The van der Waals surface area contributed by atoms with Crippen LogP contribution < -0.4 is 4.90 Å². The summed E-state index contributed by atoms with van der Waals surface area (Å²) in [6.07, 6.45) is 6.90. The molecular formula is C17H19N3O2. The molecule has 0 bridgehead atoms. The summed E-state index contributed by atoms with van der Waals surface area (Å²) in [4.78, 5) is 20.4.